The predicted molar refractivity (Wildman–Crippen MR) is 64.8 cm³/mol. The molecule has 2 N–H and O–H groups in total. The summed E-state index contributed by atoms with van der Waals surface area (Å²) in [5, 5.41) is 6.46. The molecular weight excluding hydrogens is 275 g/mol. The molecular formula is C10H15IN2. The molecule has 0 spiro atoms. The van der Waals surface area contributed by atoms with Crippen molar-refractivity contribution >= 4 is 22.6 Å². The van der Waals surface area contributed by atoms with Crippen LogP contribution in [0.4, 0.5) is 0 Å². The van der Waals surface area contributed by atoms with Gasteiger partial charge in [-0.05, 0) is 47.3 Å². The molecule has 0 radical (unpaired) electrons. The van der Waals surface area contributed by atoms with Crippen molar-refractivity contribution in [3.63, 3.8) is 0 Å². The average Bonchev–Trinajstić information content (AvgIpc) is 2.15. The van der Waals surface area contributed by atoms with E-state index in [1.165, 1.54) is 9.13 Å². The number of hydrogen-bond donors (Lipinski definition) is 2. The van der Waals surface area contributed by atoms with Crippen molar-refractivity contribution in [3.8, 4) is 0 Å². The normalized spacial score (nSPS) is 10.3. The van der Waals surface area contributed by atoms with Crippen LogP contribution in [-0.2, 0) is 6.54 Å². The third-order valence-corrected chi connectivity index (χ3v) is 2.51. The number of hydrogen-bond acceptors (Lipinski definition) is 2. The standard InChI is InChI=1S/C10H15IN2/c1-12-6-7-13-8-9-2-4-10(11)5-3-9/h2-5,12-13H,6-8H2,1H3. The maximum Gasteiger partial charge on any atom is 0.0206 e. The third-order valence-electron chi connectivity index (χ3n) is 1.79. The van der Waals surface area contributed by atoms with Crippen LogP contribution in [-0.4, -0.2) is 20.1 Å². The van der Waals surface area contributed by atoms with Crippen molar-refractivity contribution in [2.45, 2.75) is 6.54 Å². The molecule has 0 heterocycles. The smallest absolute Gasteiger partial charge is 0.0206 e. The van der Waals surface area contributed by atoms with Gasteiger partial charge in [-0.1, -0.05) is 12.1 Å². The summed E-state index contributed by atoms with van der Waals surface area (Å²) >= 11 is 2.32. The fourth-order valence-electron chi connectivity index (χ4n) is 1.05. The highest BCUT2D eigenvalue weighted by atomic mass is 127. The van der Waals surface area contributed by atoms with Gasteiger partial charge in [-0.25, -0.2) is 0 Å². The van der Waals surface area contributed by atoms with E-state index in [0.717, 1.165) is 19.6 Å². The molecule has 0 unspecified atom stereocenters. The van der Waals surface area contributed by atoms with Gasteiger partial charge in [-0.15, -0.1) is 0 Å². The second-order valence-corrected chi connectivity index (χ2v) is 4.15. The number of benzene rings is 1. The molecule has 0 saturated heterocycles. The molecule has 1 aromatic rings. The van der Waals surface area contributed by atoms with Gasteiger partial charge in [-0.3, -0.25) is 0 Å². The van der Waals surface area contributed by atoms with E-state index < -0.39 is 0 Å². The fourth-order valence-corrected chi connectivity index (χ4v) is 1.41. The lowest BCUT2D eigenvalue weighted by atomic mass is 10.2. The molecule has 1 aromatic carbocycles. The molecule has 1 rings (SSSR count). The molecule has 72 valence electrons. The molecule has 0 aliphatic carbocycles. The number of rotatable bonds is 5. The van der Waals surface area contributed by atoms with E-state index in [2.05, 4.69) is 57.5 Å². The molecule has 0 aliphatic rings. The maximum atomic E-state index is 3.36. The van der Waals surface area contributed by atoms with E-state index in [-0.39, 0.29) is 0 Å². The summed E-state index contributed by atoms with van der Waals surface area (Å²) in [7, 11) is 1.96. The molecule has 3 heteroatoms. The van der Waals surface area contributed by atoms with Gasteiger partial charge in [-0.2, -0.15) is 0 Å². The van der Waals surface area contributed by atoms with Crippen LogP contribution in [0.5, 0.6) is 0 Å². The molecule has 0 saturated carbocycles. The Morgan fingerprint density at radius 2 is 1.85 bits per heavy atom. The minimum atomic E-state index is 0.957. The molecule has 13 heavy (non-hydrogen) atoms. The SMILES string of the molecule is CNCCNCc1ccc(I)cc1. The number of halogens is 1. The van der Waals surface area contributed by atoms with E-state index in [1.807, 2.05) is 7.05 Å². The molecule has 0 fully saturated rings. The van der Waals surface area contributed by atoms with Crippen LogP contribution < -0.4 is 10.6 Å². The van der Waals surface area contributed by atoms with Gasteiger partial charge in [0.15, 0.2) is 0 Å². The molecule has 0 aromatic heterocycles. The van der Waals surface area contributed by atoms with Crippen molar-refractivity contribution in [2.75, 3.05) is 20.1 Å². The van der Waals surface area contributed by atoms with Gasteiger partial charge >= 0.3 is 0 Å². The zero-order valence-corrected chi connectivity index (χ0v) is 9.97. The lowest BCUT2D eigenvalue weighted by Gasteiger charge is -2.04. The Hall–Kier alpha value is -0.130. The lowest BCUT2D eigenvalue weighted by molar-refractivity contribution is 0.651. The zero-order valence-electron chi connectivity index (χ0n) is 7.81. The maximum absolute atomic E-state index is 3.36. The lowest BCUT2D eigenvalue weighted by Crippen LogP contribution is -2.24. The summed E-state index contributed by atoms with van der Waals surface area (Å²) in [4.78, 5) is 0. The van der Waals surface area contributed by atoms with Gasteiger partial charge in [0.1, 0.15) is 0 Å². The summed E-state index contributed by atoms with van der Waals surface area (Å²) in [6.45, 7) is 2.99. The Bertz CT molecular complexity index is 233. The van der Waals surface area contributed by atoms with E-state index in [4.69, 9.17) is 0 Å². The van der Waals surface area contributed by atoms with Crippen LogP contribution in [0.1, 0.15) is 5.56 Å². The number of nitrogens with one attached hydrogen (secondary N) is 2. The Kier molecular flexibility index (Phi) is 5.34. The Balaban J connectivity index is 2.25. The molecule has 2 nitrogen and oxygen atoms in total. The number of likely N-dealkylation sites (N-methyl/N-ethyl adjacent to an activating group) is 1. The topological polar surface area (TPSA) is 24.1 Å². The van der Waals surface area contributed by atoms with E-state index in [1.54, 1.807) is 0 Å². The predicted octanol–water partition coefficient (Wildman–Crippen LogP) is 1.60. The Morgan fingerprint density at radius 3 is 2.46 bits per heavy atom. The van der Waals surface area contributed by atoms with Gasteiger partial charge in [0.25, 0.3) is 0 Å². The quantitative estimate of drug-likeness (QED) is 0.636. The summed E-state index contributed by atoms with van der Waals surface area (Å²) < 4.78 is 1.29. The highest BCUT2D eigenvalue weighted by Crippen LogP contribution is 2.05. The molecule has 0 amide bonds. The first-order valence-electron chi connectivity index (χ1n) is 4.42. The van der Waals surface area contributed by atoms with Crippen molar-refractivity contribution in [3.05, 3.63) is 33.4 Å². The fraction of sp³-hybridized carbons (Fsp3) is 0.400. The van der Waals surface area contributed by atoms with Crippen LogP contribution in [0.25, 0.3) is 0 Å². The monoisotopic (exact) mass is 290 g/mol. The van der Waals surface area contributed by atoms with Crippen LogP contribution in [0.15, 0.2) is 24.3 Å². The highest BCUT2D eigenvalue weighted by Gasteiger charge is 1.91. The Labute approximate surface area is 93.3 Å². The highest BCUT2D eigenvalue weighted by molar-refractivity contribution is 14.1. The van der Waals surface area contributed by atoms with Crippen molar-refractivity contribution < 1.29 is 0 Å². The molecule has 0 bridgehead atoms. The van der Waals surface area contributed by atoms with E-state index in [0.29, 0.717) is 0 Å². The summed E-state index contributed by atoms with van der Waals surface area (Å²) in [5.41, 5.74) is 1.34. The largest absolute Gasteiger partial charge is 0.318 e. The van der Waals surface area contributed by atoms with E-state index in [9.17, 15) is 0 Å². The average molecular weight is 290 g/mol. The minimum absolute atomic E-state index is 0.957. The Morgan fingerprint density at radius 1 is 1.15 bits per heavy atom. The van der Waals surface area contributed by atoms with Gasteiger partial charge in [0.2, 0.25) is 0 Å². The van der Waals surface area contributed by atoms with Crippen LogP contribution in [0.2, 0.25) is 0 Å². The van der Waals surface area contributed by atoms with Crippen molar-refractivity contribution in [2.24, 2.45) is 0 Å². The zero-order chi connectivity index (χ0) is 9.52. The van der Waals surface area contributed by atoms with Crippen molar-refractivity contribution in [1.82, 2.24) is 10.6 Å². The summed E-state index contributed by atoms with van der Waals surface area (Å²) in [5.74, 6) is 0. The van der Waals surface area contributed by atoms with Crippen molar-refractivity contribution in [1.29, 1.82) is 0 Å². The van der Waals surface area contributed by atoms with Crippen LogP contribution in [0.3, 0.4) is 0 Å². The second kappa shape index (κ2) is 6.34. The minimum Gasteiger partial charge on any atom is -0.318 e. The first-order valence-corrected chi connectivity index (χ1v) is 5.50. The van der Waals surface area contributed by atoms with Gasteiger partial charge < -0.3 is 10.6 Å². The third kappa shape index (κ3) is 4.59. The summed E-state index contributed by atoms with van der Waals surface area (Å²) in [6, 6.07) is 8.59. The molecule has 0 aliphatic heterocycles. The van der Waals surface area contributed by atoms with Gasteiger partial charge in [0.05, 0.1) is 0 Å². The van der Waals surface area contributed by atoms with Gasteiger partial charge in [0, 0.05) is 23.2 Å². The first-order chi connectivity index (χ1) is 6.33. The first kappa shape index (κ1) is 10.9. The van der Waals surface area contributed by atoms with Crippen LogP contribution in [0, 0.1) is 3.57 Å². The molecule has 0 atom stereocenters. The van der Waals surface area contributed by atoms with E-state index >= 15 is 0 Å². The summed E-state index contributed by atoms with van der Waals surface area (Å²) in [6.07, 6.45) is 0. The second-order valence-electron chi connectivity index (χ2n) is 2.91. The van der Waals surface area contributed by atoms with Crippen LogP contribution >= 0.6 is 22.6 Å².